The summed E-state index contributed by atoms with van der Waals surface area (Å²) in [5, 5.41) is 0. The van der Waals surface area contributed by atoms with Gasteiger partial charge in [0.1, 0.15) is 12.2 Å². The summed E-state index contributed by atoms with van der Waals surface area (Å²) in [6, 6.07) is 0. The van der Waals surface area contributed by atoms with E-state index in [9.17, 15) is 14.4 Å². The molecule has 6 unspecified atom stereocenters. The number of fused-ring (bicyclic) bond motifs is 1. The van der Waals surface area contributed by atoms with Crippen LogP contribution in [0.2, 0.25) is 0 Å². The molecule has 22 heavy (non-hydrogen) atoms. The molecule has 0 aromatic rings. The van der Waals surface area contributed by atoms with E-state index in [2.05, 4.69) is 4.74 Å². The smallest absolute Gasteiger partial charge is 0.312 e. The Balaban J connectivity index is 1.69. The van der Waals surface area contributed by atoms with Crippen molar-refractivity contribution in [3.05, 3.63) is 0 Å². The van der Waals surface area contributed by atoms with E-state index in [1.165, 1.54) is 7.11 Å². The minimum absolute atomic E-state index is 0.00224. The highest BCUT2D eigenvalue weighted by molar-refractivity contribution is 5.83. The highest BCUT2D eigenvalue weighted by atomic mass is 16.6. The molecule has 122 valence electrons. The second-order valence-electron chi connectivity index (χ2n) is 6.94. The molecule has 2 aliphatic carbocycles. The average molecular weight is 310 g/mol. The van der Waals surface area contributed by atoms with Gasteiger partial charge in [-0.1, -0.05) is 6.92 Å². The van der Waals surface area contributed by atoms with Crippen LogP contribution in [0.15, 0.2) is 0 Å². The second kappa shape index (κ2) is 5.25. The molecule has 0 amide bonds. The first-order valence-electron chi connectivity index (χ1n) is 7.88. The van der Waals surface area contributed by atoms with Crippen LogP contribution in [0.25, 0.3) is 0 Å². The topological polar surface area (TPSA) is 78.9 Å². The molecule has 0 spiro atoms. The number of rotatable bonds is 5. The van der Waals surface area contributed by atoms with Crippen molar-refractivity contribution in [3.63, 3.8) is 0 Å². The third-order valence-electron chi connectivity index (χ3n) is 5.69. The summed E-state index contributed by atoms with van der Waals surface area (Å²) in [4.78, 5) is 35.8. The Morgan fingerprint density at radius 2 is 2.09 bits per heavy atom. The average Bonchev–Trinajstić information content (AvgIpc) is 3.11. The van der Waals surface area contributed by atoms with Crippen LogP contribution in [0, 0.1) is 23.2 Å². The number of hydrogen-bond acceptors (Lipinski definition) is 6. The van der Waals surface area contributed by atoms with Crippen LogP contribution in [0.1, 0.15) is 39.5 Å². The van der Waals surface area contributed by atoms with Gasteiger partial charge in [-0.3, -0.25) is 14.4 Å². The number of carbonyl (C=O) groups excluding carboxylic acids is 3. The number of esters is 3. The van der Waals surface area contributed by atoms with Gasteiger partial charge in [0.15, 0.2) is 0 Å². The van der Waals surface area contributed by atoms with Crippen molar-refractivity contribution in [1.82, 2.24) is 0 Å². The van der Waals surface area contributed by atoms with Gasteiger partial charge < -0.3 is 14.2 Å². The van der Waals surface area contributed by atoms with Gasteiger partial charge in [0.2, 0.25) is 0 Å². The fourth-order valence-corrected chi connectivity index (χ4v) is 4.06. The zero-order valence-electron chi connectivity index (χ0n) is 13.2. The molecule has 0 radical (unpaired) electrons. The van der Waals surface area contributed by atoms with E-state index in [0.717, 1.165) is 12.8 Å². The third kappa shape index (κ3) is 2.20. The normalized spacial score (nSPS) is 37.6. The third-order valence-corrected chi connectivity index (χ3v) is 5.69. The molecule has 1 heterocycles. The molecule has 6 heteroatoms. The van der Waals surface area contributed by atoms with Gasteiger partial charge in [-0.05, 0) is 26.2 Å². The summed E-state index contributed by atoms with van der Waals surface area (Å²) < 4.78 is 15.8. The lowest BCUT2D eigenvalue weighted by atomic mass is 9.83. The molecule has 6 nitrogen and oxygen atoms in total. The zero-order valence-corrected chi connectivity index (χ0v) is 13.2. The molecule has 2 saturated carbocycles. The van der Waals surface area contributed by atoms with Crippen molar-refractivity contribution in [2.24, 2.45) is 23.2 Å². The van der Waals surface area contributed by atoms with Crippen LogP contribution in [0.5, 0.6) is 0 Å². The van der Waals surface area contributed by atoms with Crippen LogP contribution in [0.4, 0.5) is 0 Å². The first kappa shape index (κ1) is 15.3. The lowest BCUT2D eigenvalue weighted by Crippen LogP contribution is -2.41. The van der Waals surface area contributed by atoms with Crippen LogP contribution in [-0.4, -0.2) is 37.2 Å². The molecule has 6 atom stereocenters. The summed E-state index contributed by atoms with van der Waals surface area (Å²) in [5.74, 6) is -0.584. The van der Waals surface area contributed by atoms with Crippen molar-refractivity contribution in [3.8, 4) is 0 Å². The summed E-state index contributed by atoms with van der Waals surface area (Å²) in [6.45, 7) is 3.56. The Bertz CT molecular complexity index is 515. The van der Waals surface area contributed by atoms with Crippen molar-refractivity contribution in [1.29, 1.82) is 0 Å². The number of methoxy groups -OCH3 is 1. The lowest BCUT2D eigenvalue weighted by Gasteiger charge is -2.31. The molecule has 0 aromatic carbocycles. The quantitative estimate of drug-likeness (QED) is 0.565. The predicted molar refractivity (Wildman–Crippen MR) is 74.5 cm³/mol. The summed E-state index contributed by atoms with van der Waals surface area (Å²) in [7, 11) is 1.30. The van der Waals surface area contributed by atoms with E-state index < -0.39 is 17.4 Å². The fraction of sp³-hybridized carbons (Fsp3) is 0.812. The standard InChI is InChI=1S/C16H22O6/c1-4-16(2,7-11(17)20-3)15(19)22-12-8-5-9-10(6-8)14(18)21-13(9)12/h8-10,12-13H,4-7H2,1-3H3. The van der Waals surface area contributed by atoms with E-state index in [0.29, 0.717) is 6.42 Å². The van der Waals surface area contributed by atoms with Gasteiger partial charge in [-0.25, -0.2) is 0 Å². The first-order valence-corrected chi connectivity index (χ1v) is 7.88. The molecule has 2 bridgehead atoms. The Labute approximate surface area is 129 Å². The Kier molecular flexibility index (Phi) is 3.65. The second-order valence-corrected chi connectivity index (χ2v) is 6.94. The molecule has 3 fully saturated rings. The van der Waals surface area contributed by atoms with E-state index in [4.69, 9.17) is 9.47 Å². The highest BCUT2D eigenvalue weighted by Crippen LogP contribution is 2.55. The summed E-state index contributed by atoms with van der Waals surface area (Å²) >= 11 is 0. The van der Waals surface area contributed by atoms with Crippen molar-refractivity contribution < 1.29 is 28.6 Å². The molecule has 1 aliphatic heterocycles. The molecule has 0 N–H and O–H groups in total. The number of hydrogen-bond donors (Lipinski definition) is 0. The van der Waals surface area contributed by atoms with E-state index >= 15 is 0 Å². The molecule has 3 rings (SSSR count). The minimum atomic E-state index is -0.906. The number of carbonyl (C=O) groups is 3. The molecular formula is C16H22O6. The monoisotopic (exact) mass is 310 g/mol. The maximum atomic E-state index is 12.6. The van der Waals surface area contributed by atoms with Crippen LogP contribution in [-0.2, 0) is 28.6 Å². The van der Waals surface area contributed by atoms with Crippen molar-refractivity contribution >= 4 is 17.9 Å². The van der Waals surface area contributed by atoms with Crippen molar-refractivity contribution in [2.75, 3.05) is 7.11 Å². The Morgan fingerprint density at radius 3 is 2.73 bits per heavy atom. The fourth-order valence-electron chi connectivity index (χ4n) is 4.06. The maximum absolute atomic E-state index is 12.6. The SMILES string of the molecule is CCC(C)(CC(=O)OC)C(=O)OC1C2CC3C(=O)OC1C3C2. The largest absolute Gasteiger partial charge is 0.469 e. The van der Waals surface area contributed by atoms with Gasteiger partial charge in [0.05, 0.1) is 24.9 Å². The van der Waals surface area contributed by atoms with Gasteiger partial charge in [0.25, 0.3) is 0 Å². The van der Waals surface area contributed by atoms with Gasteiger partial charge in [-0.2, -0.15) is 0 Å². The van der Waals surface area contributed by atoms with Crippen molar-refractivity contribution in [2.45, 2.75) is 51.7 Å². The summed E-state index contributed by atoms with van der Waals surface area (Å²) in [6.07, 6.45) is 1.46. The minimum Gasteiger partial charge on any atom is -0.469 e. The number of ether oxygens (including phenoxy) is 3. The highest BCUT2D eigenvalue weighted by Gasteiger charge is 2.63. The van der Waals surface area contributed by atoms with Gasteiger partial charge >= 0.3 is 17.9 Å². The van der Waals surface area contributed by atoms with E-state index in [1.54, 1.807) is 6.92 Å². The Morgan fingerprint density at radius 1 is 1.36 bits per heavy atom. The molecule has 1 saturated heterocycles. The molecule has 3 aliphatic rings. The predicted octanol–water partition coefficient (Wildman–Crippen LogP) is 1.46. The Hall–Kier alpha value is -1.59. The van der Waals surface area contributed by atoms with Crippen LogP contribution < -0.4 is 0 Å². The summed E-state index contributed by atoms with van der Waals surface area (Å²) in [5.41, 5.74) is -0.906. The zero-order chi connectivity index (χ0) is 16.1. The lowest BCUT2D eigenvalue weighted by molar-refractivity contribution is -0.174. The molecular weight excluding hydrogens is 288 g/mol. The van der Waals surface area contributed by atoms with E-state index in [1.807, 2.05) is 6.92 Å². The van der Waals surface area contributed by atoms with Gasteiger partial charge in [0, 0.05) is 11.8 Å². The maximum Gasteiger partial charge on any atom is 0.312 e. The van der Waals surface area contributed by atoms with E-state index in [-0.39, 0.29) is 42.4 Å². The van der Waals surface area contributed by atoms with Crippen LogP contribution in [0.3, 0.4) is 0 Å². The van der Waals surface area contributed by atoms with Gasteiger partial charge in [-0.15, -0.1) is 0 Å². The first-order chi connectivity index (χ1) is 10.4. The molecule has 0 aromatic heterocycles. The van der Waals surface area contributed by atoms with Crippen LogP contribution >= 0.6 is 0 Å².